The molecule has 0 radical (unpaired) electrons. The van der Waals surface area contributed by atoms with Crippen LogP contribution in [0.1, 0.15) is 54.2 Å². The number of aromatic hydroxyl groups is 1. The van der Waals surface area contributed by atoms with Gasteiger partial charge in [-0.3, -0.25) is 4.79 Å². The van der Waals surface area contributed by atoms with E-state index in [2.05, 4.69) is 31.0 Å². The van der Waals surface area contributed by atoms with Gasteiger partial charge in [0.05, 0.1) is 11.6 Å². The maximum absolute atomic E-state index is 11.1. The second-order valence-electron chi connectivity index (χ2n) is 7.49. The highest BCUT2D eigenvalue weighted by atomic mass is 16.3. The lowest BCUT2D eigenvalue weighted by Gasteiger charge is -2.12. The molecule has 0 fully saturated rings. The third-order valence-corrected chi connectivity index (χ3v) is 5.66. The maximum atomic E-state index is 11.1. The van der Waals surface area contributed by atoms with Gasteiger partial charge in [0.2, 0.25) is 5.56 Å². The molecular weight excluding hydrogens is 364 g/mol. The minimum absolute atomic E-state index is 0.0272. The highest BCUT2D eigenvalue weighted by molar-refractivity contribution is 5.87. The van der Waals surface area contributed by atoms with Crippen molar-refractivity contribution in [3.63, 3.8) is 0 Å². The van der Waals surface area contributed by atoms with E-state index in [1.165, 1.54) is 44.2 Å². The van der Waals surface area contributed by atoms with Crippen molar-refractivity contribution in [3.05, 3.63) is 74.6 Å². The van der Waals surface area contributed by atoms with Crippen molar-refractivity contribution in [2.75, 3.05) is 6.54 Å². The molecule has 154 valence electrons. The first-order valence-electron chi connectivity index (χ1n) is 10.3. The van der Waals surface area contributed by atoms with Crippen LogP contribution < -0.4 is 11.3 Å². The first kappa shape index (κ1) is 21.1. The molecule has 1 heterocycles. The molecule has 1 atom stereocenters. The lowest BCUT2D eigenvalue weighted by molar-refractivity contribution is 0.188. The second-order valence-corrected chi connectivity index (χ2v) is 7.49. The molecular formula is C24H30N2O3. The normalized spacial score (nSPS) is 13.7. The van der Waals surface area contributed by atoms with Crippen LogP contribution >= 0.6 is 0 Å². The van der Waals surface area contributed by atoms with Crippen LogP contribution in [0.15, 0.2) is 41.2 Å². The Morgan fingerprint density at radius 2 is 1.66 bits per heavy atom. The number of aromatic nitrogens is 1. The first-order chi connectivity index (χ1) is 14.0. The second kappa shape index (κ2) is 9.25. The summed E-state index contributed by atoms with van der Waals surface area (Å²) < 4.78 is 0. The van der Waals surface area contributed by atoms with Gasteiger partial charge in [-0.05, 0) is 72.1 Å². The maximum Gasteiger partial charge on any atom is 0.248 e. The number of nitrogens with two attached hydrogens (primary N) is 1. The molecule has 0 aliphatic heterocycles. The third-order valence-electron chi connectivity index (χ3n) is 5.66. The summed E-state index contributed by atoms with van der Waals surface area (Å²) in [7, 11) is 0. The van der Waals surface area contributed by atoms with E-state index >= 15 is 0 Å². The summed E-state index contributed by atoms with van der Waals surface area (Å²) in [5.74, 6) is -0.0272. The summed E-state index contributed by atoms with van der Waals surface area (Å²) in [6.45, 7) is 4.60. The van der Waals surface area contributed by atoms with Gasteiger partial charge in [-0.2, -0.15) is 0 Å². The van der Waals surface area contributed by atoms with Crippen LogP contribution in [0.25, 0.3) is 10.9 Å². The zero-order chi connectivity index (χ0) is 21.0. The minimum atomic E-state index is -0.811. The van der Waals surface area contributed by atoms with Crippen molar-refractivity contribution in [2.45, 2.75) is 52.1 Å². The van der Waals surface area contributed by atoms with E-state index in [1.807, 2.05) is 0 Å². The molecule has 4 rings (SSSR count). The zero-order valence-corrected chi connectivity index (χ0v) is 17.2. The first-order valence-corrected chi connectivity index (χ1v) is 10.3. The number of phenols is 1. The number of rotatable bonds is 4. The Kier molecular flexibility index (Phi) is 6.72. The Balaban J connectivity index is 0.000000169. The van der Waals surface area contributed by atoms with E-state index in [9.17, 15) is 15.0 Å². The fraction of sp³-hybridized carbons (Fsp3) is 0.375. The van der Waals surface area contributed by atoms with Gasteiger partial charge in [0, 0.05) is 18.0 Å². The summed E-state index contributed by atoms with van der Waals surface area (Å²) in [5, 5.41) is 19.9. The van der Waals surface area contributed by atoms with E-state index in [1.54, 1.807) is 34.4 Å². The van der Waals surface area contributed by atoms with Gasteiger partial charge in [0.15, 0.2) is 0 Å². The zero-order valence-electron chi connectivity index (χ0n) is 17.2. The van der Waals surface area contributed by atoms with Crippen molar-refractivity contribution >= 4 is 10.9 Å². The molecule has 0 saturated carbocycles. The van der Waals surface area contributed by atoms with Gasteiger partial charge < -0.3 is 20.9 Å². The molecule has 0 spiro atoms. The van der Waals surface area contributed by atoms with Crippen molar-refractivity contribution in [1.29, 1.82) is 0 Å². The Hall–Kier alpha value is -2.63. The average Bonchev–Trinajstić information content (AvgIpc) is 3.20. The predicted octanol–water partition coefficient (Wildman–Crippen LogP) is 3.53. The van der Waals surface area contributed by atoms with E-state index in [0.717, 1.165) is 0 Å². The number of aromatic amines is 1. The lowest BCUT2D eigenvalue weighted by Crippen LogP contribution is -2.12. The summed E-state index contributed by atoms with van der Waals surface area (Å²) in [6, 6.07) is 10.8. The molecule has 3 aromatic rings. The highest BCUT2D eigenvalue weighted by Gasteiger charge is 2.13. The summed E-state index contributed by atoms with van der Waals surface area (Å²) in [6.07, 6.45) is 5.56. The fourth-order valence-electron chi connectivity index (χ4n) is 4.06. The van der Waals surface area contributed by atoms with Gasteiger partial charge in [0.1, 0.15) is 5.75 Å². The number of hydrogen-bond acceptors (Lipinski definition) is 4. The standard InChI is InChI=1S/C13H18.C11H12N2O3/c1-3-10-8-12-6-5-7-13(12)9-11(10)4-2;12-5-9(15)6-1-3-8(14)11-7(6)2-4-10(16)13-11/h8-9H,3-7H2,1-2H3;1-4,9,14-15H,5,12H2,(H,13,16). The van der Waals surface area contributed by atoms with Gasteiger partial charge >= 0.3 is 0 Å². The molecule has 1 aliphatic rings. The molecule has 1 aromatic heterocycles. The highest BCUT2D eigenvalue weighted by Crippen LogP contribution is 2.28. The van der Waals surface area contributed by atoms with Crippen LogP contribution in [0.3, 0.4) is 0 Å². The number of nitrogens with one attached hydrogen (secondary N) is 1. The molecule has 0 saturated heterocycles. The Labute approximate surface area is 171 Å². The number of benzene rings is 2. The summed E-state index contributed by atoms with van der Waals surface area (Å²) in [4.78, 5) is 13.7. The molecule has 5 nitrogen and oxygen atoms in total. The van der Waals surface area contributed by atoms with E-state index < -0.39 is 6.10 Å². The van der Waals surface area contributed by atoms with Gasteiger partial charge in [0.25, 0.3) is 0 Å². The fourth-order valence-corrected chi connectivity index (χ4v) is 4.06. The third kappa shape index (κ3) is 4.52. The van der Waals surface area contributed by atoms with Crippen molar-refractivity contribution in [3.8, 4) is 5.75 Å². The molecule has 1 aliphatic carbocycles. The van der Waals surface area contributed by atoms with Crippen LogP contribution in [-0.2, 0) is 25.7 Å². The van der Waals surface area contributed by atoms with Crippen LogP contribution in [0.5, 0.6) is 5.75 Å². The average molecular weight is 395 g/mol. The molecule has 5 N–H and O–H groups in total. The molecule has 1 unspecified atom stereocenters. The Morgan fingerprint density at radius 3 is 2.21 bits per heavy atom. The van der Waals surface area contributed by atoms with Crippen LogP contribution in [0, 0.1) is 0 Å². The number of aliphatic hydroxyl groups excluding tert-OH is 1. The number of aryl methyl sites for hydroxylation is 4. The Morgan fingerprint density at radius 1 is 1.03 bits per heavy atom. The van der Waals surface area contributed by atoms with Gasteiger partial charge in [-0.15, -0.1) is 0 Å². The molecule has 29 heavy (non-hydrogen) atoms. The monoisotopic (exact) mass is 394 g/mol. The largest absolute Gasteiger partial charge is 0.506 e. The van der Waals surface area contributed by atoms with E-state index in [0.29, 0.717) is 16.5 Å². The Bertz CT molecular complexity index is 1020. The number of fused-ring (bicyclic) bond motifs is 2. The van der Waals surface area contributed by atoms with E-state index in [4.69, 9.17) is 5.73 Å². The topological polar surface area (TPSA) is 99.3 Å². The molecule has 0 amide bonds. The van der Waals surface area contributed by atoms with Crippen molar-refractivity contribution < 1.29 is 10.2 Å². The van der Waals surface area contributed by atoms with Crippen molar-refractivity contribution in [2.24, 2.45) is 5.73 Å². The van der Waals surface area contributed by atoms with E-state index in [-0.39, 0.29) is 17.9 Å². The SMILES string of the molecule is CCc1cc2c(cc1CC)CCC2.NCC(O)c1ccc(O)c2[nH]c(=O)ccc12. The number of phenolic OH excluding ortho intramolecular Hbond substituents is 1. The summed E-state index contributed by atoms with van der Waals surface area (Å²) in [5.41, 5.74) is 12.4. The smallest absolute Gasteiger partial charge is 0.248 e. The number of pyridine rings is 1. The van der Waals surface area contributed by atoms with Gasteiger partial charge in [-0.25, -0.2) is 0 Å². The molecule has 0 bridgehead atoms. The van der Waals surface area contributed by atoms with Crippen LogP contribution in [0.2, 0.25) is 0 Å². The lowest BCUT2D eigenvalue weighted by atomic mass is 9.97. The van der Waals surface area contributed by atoms with Crippen LogP contribution in [0.4, 0.5) is 0 Å². The van der Waals surface area contributed by atoms with Crippen LogP contribution in [-0.4, -0.2) is 21.7 Å². The number of aliphatic hydroxyl groups is 1. The molecule has 5 heteroatoms. The minimum Gasteiger partial charge on any atom is -0.506 e. The predicted molar refractivity (Wildman–Crippen MR) is 117 cm³/mol. The summed E-state index contributed by atoms with van der Waals surface area (Å²) >= 11 is 0. The molecule has 2 aromatic carbocycles. The number of hydrogen-bond donors (Lipinski definition) is 4. The number of H-pyrrole nitrogens is 1. The quantitative estimate of drug-likeness (QED) is 0.544. The van der Waals surface area contributed by atoms with Gasteiger partial charge in [-0.1, -0.05) is 32.0 Å². The van der Waals surface area contributed by atoms with Crippen molar-refractivity contribution in [1.82, 2.24) is 4.98 Å².